The second-order valence-corrected chi connectivity index (χ2v) is 2.50. The maximum atomic E-state index is 12.2. The number of halogens is 1. The Kier molecular flexibility index (Phi) is 2.10. The van der Waals surface area contributed by atoms with Gasteiger partial charge in [0.25, 0.3) is 0 Å². The highest BCUT2D eigenvalue weighted by Gasteiger charge is 2.19. The number of hydrogen-bond donors (Lipinski definition) is 0. The first-order valence-corrected chi connectivity index (χ1v) is 3.40. The van der Waals surface area contributed by atoms with Crippen LogP contribution in [0.3, 0.4) is 0 Å². The van der Waals surface area contributed by atoms with Gasteiger partial charge in [0.1, 0.15) is 5.76 Å². The van der Waals surface area contributed by atoms with Gasteiger partial charge in [0, 0.05) is 0 Å². The molecule has 1 fully saturated rings. The van der Waals surface area contributed by atoms with Crippen molar-refractivity contribution in [3.63, 3.8) is 0 Å². The van der Waals surface area contributed by atoms with Crippen molar-refractivity contribution in [1.82, 2.24) is 0 Å². The van der Waals surface area contributed by atoms with Crippen LogP contribution in [0.15, 0.2) is 24.7 Å². The third-order valence-electron chi connectivity index (χ3n) is 1.66. The summed E-state index contributed by atoms with van der Waals surface area (Å²) >= 11 is 0. The molecule has 0 aromatic rings. The second kappa shape index (κ2) is 2.86. The molecule has 10 heavy (non-hydrogen) atoms. The van der Waals surface area contributed by atoms with E-state index in [2.05, 4.69) is 13.2 Å². The number of hydrogen-bond acceptors (Lipinski definition) is 1. The molecule has 0 aromatic heterocycles. The van der Waals surface area contributed by atoms with E-state index in [1.807, 2.05) is 0 Å². The Morgan fingerprint density at radius 1 is 1.40 bits per heavy atom. The SMILES string of the molecule is C=C(F)C(=C)OC1CCC1. The molecule has 1 aliphatic carbocycles. The van der Waals surface area contributed by atoms with Crippen molar-refractivity contribution in [2.24, 2.45) is 0 Å². The van der Waals surface area contributed by atoms with Crippen molar-refractivity contribution in [3.8, 4) is 0 Å². The number of ether oxygens (including phenoxy) is 1. The fourth-order valence-corrected chi connectivity index (χ4v) is 0.754. The van der Waals surface area contributed by atoms with Crippen molar-refractivity contribution >= 4 is 0 Å². The van der Waals surface area contributed by atoms with Gasteiger partial charge in [0.15, 0.2) is 5.83 Å². The molecule has 0 amide bonds. The average Bonchev–Trinajstić information content (AvgIpc) is 1.77. The molecule has 0 atom stereocenters. The second-order valence-electron chi connectivity index (χ2n) is 2.50. The Hall–Kier alpha value is -0.790. The van der Waals surface area contributed by atoms with Crippen molar-refractivity contribution in [3.05, 3.63) is 24.7 Å². The lowest BCUT2D eigenvalue weighted by molar-refractivity contribution is 0.0533. The molecule has 0 spiro atoms. The molecule has 1 rings (SSSR count). The molecule has 0 aliphatic heterocycles. The Balaban J connectivity index is 2.23. The summed E-state index contributed by atoms with van der Waals surface area (Å²) in [6.07, 6.45) is 3.41. The summed E-state index contributed by atoms with van der Waals surface area (Å²) < 4.78 is 17.3. The van der Waals surface area contributed by atoms with E-state index >= 15 is 0 Å². The highest BCUT2D eigenvalue weighted by Crippen LogP contribution is 2.25. The molecule has 0 aromatic carbocycles. The molecule has 1 nitrogen and oxygen atoms in total. The summed E-state index contributed by atoms with van der Waals surface area (Å²) in [4.78, 5) is 0. The van der Waals surface area contributed by atoms with E-state index in [0.29, 0.717) is 0 Å². The smallest absolute Gasteiger partial charge is 0.157 e. The van der Waals surface area contributed by atoms with Gasteiger partial charge in [-0.25, -0.2) is 4.39 Å². The van der Waals surface area contributed by atoms with Gasteiger partial charge in [-0.05, 0) is 19.3 Å². The van der Waals surface area contributed by atoms with Crippen LogP contribution in [0.4, 0.5) is 4.39 Å². The molecule has 56 valence electrons. The maximum Gasteiger partial charge on any atom is 0.157 e. The van der Waals surface area contributed by atoms with Gasteiger partial charge in [-0.3, -0.25) is 0 Å². The average molecular weight is 142 g/mol. The summed E-state index contributed by atoms with van der Waals surface area (Å²) in [6, 6.07) is 0. The van der Waals surface area contributed by atoms with E-state index in [1.54, 1.807) is 0 Å². The molecule has 0 saturated heterocycles. The van der Waals surface area contributed by atoms with E-state index in [4.69, 9.17) is 4.74 Å². The highest BCUT2D eigenvalue weighted by molar-refractivity contribution is 5.11. The standard InChI is InChI=1S/C8H11FO/c1-6(9)7(2)10-8-4-3-5-8/h8H,1-5H2. The molecule has 0 radical (unpaired) electrons. The summed E-state index contributed by atoms with van der Waals surface area (Å²) in [6.45, 7) is 6.45. The largest absolute Gasteiger partial charge is 0.488 e. The molecular formula is C8H11FO. The van der Waals surface area contributed by atoms with Gasteiger partial charge in [0.2, 0.25) is 0 Å². The van der Waals surface area contributed by atoms with Crippen LogP contribution in [-0.2, 0) is 4.74 Å². The summed E-state index contributed by atoms with van der Waals surface area (Å²) in [5.41, 5.74) is 0. The van der Waals surface area contributed by atoms with Crippen LogP contribution in [0.2, 0.25) is 0 Å². The van der Waals surface area contributed by atoms with Gasteiger partial charge < -0.3 is 4.74 Å². The van der Waals surface area contributed by atoms with Crippen LogP contribution in [-0.4, -0.2) is 6.10 Å². The van der Waals surface area contributed by atoms with Gasteiger partial charge in [-0.15, -0.1) is 0 Å². The summed E-state index contributed by atoms with van der Waals surface area (Å²) in [7, 11) is 0. The maximum absolute atomic E-state index is 12.2. The Morgan fingerprint density at radius 2 is 2.00 bits per heavy atom. The minimum absolute atomic E-state index is 0.0877. The first-order chi connectivity index (χ1) is 4.70. The van der Waals surface area contributed by atoms with Crippen LogP contribution in [0.25, 0.3) is 0 Å². The number of allylic oxidation sites excluding steroid dienone is 1. The highest BCUT2D eigenvalue weighted by atomic mass is 19.1. The predicted octanol–water partition coefficient (Wildman–Crippen LogP) is 2.55. The lowest BCUT2D eigenvalue weighted by Gasteiger charge is -2.26. The first kappa shape index (κ1) is 7.32. The molecular weight excluding hydrogens is 131 g/mol. The van der Waals surface area contributed by atoms with Crippen LogP contribution in [0.1, 0.15) is 19.3 Å². The lowest BCUT2D eigenvalue weighted by Crippen LogP contribution is -2.20. The minimum Gasteiger partial charge on any atom is -0.488 e. The monoisotopic (exact) mass is 142 g/mol. The lowest BCUT2D eigenvalue weighted by atomic mass is 9.96. The van der Waals surface area contributed by atoms with Crippen LogP contribution in [0, 0.1) is 0 Å². The van der Waals surface area contributed by atoms with Gasteiger partial charge in [-0.2, -0.15) is 0 Å². The van der Waals surface area contributed by atoms with Crippen molar-refractivity contribution in [2.45, 2.75) is 25.4 Å². The van der Waals surface area contributed by atoms with Crippen molar-refractivity contribution < 1.29 is 9.13 Å². The van der Waals surface area contributed by atoms with E-state index in [1.165, 1.54) is 6.42 Å². The molecule has 2 heteroatoms. The third kappa shape index (κ3) is 1.59. The van der Waals surface area contributed by atoms with E-state index in [9.17, 15) is 4.39 Å². The van der Waals surface area contributed by atoms with Crippen molar-refractivity contribution in [1.29, 1.82) is 0 Å². The van der Waals surface area contributed by atoms with Gasteiger partial charge in [-0.1, -0.05) is 13.2 Å². The molecule has 1 saturated carbocycles. The summed E-state index contributed by atoms with van der Waals surface area (Å²) in [5, 5.41) is 0. The molecule has 1 aliphatic rings. The molecule has 0 heterocycles. The van der Waals surface area contributed by atoms with Crippen LogP contribution >= 0.6 is 0 Å². The third-order valence-corrected chi connectivity index (χ3v) is 1.66. The number of rotatable bonds is 3. The van der Waals surface area contributed by atoms with Crippen LogP contribution < -0.4 is 0 Å². The fourth-order valence-electron chi connectivity index (χ4n) is 0.754. The van der Waals surface area contributed by atoms with Crippen molar-refractivity contribution in [2.75, 3.05) is 0 Å². The first-order valence-electron chi connectivity index (χ1n) is 3.40. The quantitative estimate of drug-likeness (QED) is 0.434. The topological polar surface area (TPSA) is 9.23 Å². The van der Waals surface area contributed by atoms with Gasteiger partial charge in [0.05, 0.1) is 6.10 Å². The molecule has 0 unspecified atom stereocenters. The zero-order valence-electron chi connectivity index (χ0n) is 5.90. The zero-order chi connectivity index (χ0) is 7.56. The van der Waals surface area contributed by atoms with E-state index < -0.39 is 5.83 Å². The van der Waals surface area contributed by atoms with Crippen LogP contribution in [0.5, 0.6) is 0 Å². The fraction of sp³-hybridized carbons (Fsp3) is 0.500. The molecule has 0 bridgehead atoms. The normalized spacial score (nSPS) is 17.7. The van der Waals surface area contributed by atoms with E-state index in [0.717, 1.165) is 12.8 Å². The Labute approximate surface area is 60.2 Å². The summed E-state index contributed by atoms with van der Waals surface area (Å²) in [5.74, 6) is -0.475. The Morgan fingerprint density at radius 3 is 2.30 bits per heavy atom. The Bertz CT molecular complexity index is 159. The zero-order valence-corrected chi connectivity index (χ0v) is 5.90. The predicted molar refractivity (Wildman–Crippen MR) is 38.1 cm³/mol. The van der Waals surface area contributed by atoms with E-state index in [-0.39, 0.29) is 11.9 Å². The van der Waals surface area contributed by atoms with Gasteiger partial charge >= 0.3 is 0 Å². The minimum atomic E-state index is -0.563. The molecule has 0 N–H and O–H groups in total.